The number of halogens is 2. The Labute approximate surface area is 101 Å². The Morgan fingerprint density at radius 3 is 2.62 bits per heavy atom. The van der Waals surface area contributed by atoms with Gasteiger partial charge < -0.3 is 5.73 Å². The predicted molar refractivity (Wildman–Crippen MR) is 65.8 cm³/mol. The molecule has 0 unspecified atom stereocenters. The molecule has 0 amide bonds. The SMILES string of the molecule is Nc1cc(-c2ccc(Br)cc2)nn1CCF. The van der Waals surface area contributed by atoms with Gasteiger partial charge in [0.2, 0.25) is 0 Å². The van der Waals surface area contributed by atoms with Crippen molar-refractivity contribution >= 4 is 21.7 Å². The van der Waals surface area contributed by atoms with Crippen LogP contribution in [0.4, 0.5) is 10.2 Å². The topological polar surface area (TPSA) is 43.8 Å². The zero-order valence-electron chi connectivity index (χ0n) is 8.53. The summed E-state index contributed by atoms with van der Waals surface area (Å²) in [6.45, 7) is -0.270. The second kappa shape index (κ2) is 4.65. The van der Waals surface area contributed by atoms with Gasteiger partial charge in [0.1, 0.15) is 12.5 Å². The molecule has 0 aliphatic carbocycles. The van der Waals surface area contributed by atoms with E-state index in [2.05, 4.69) is 21.0 Å². The van der Waals surface area contributed by atoms with Crippen LogP contribution in [0.2, 0.25) is 0 Å². The zero-order valence-corrected chi connectivity index (χ0v) is 10.1. The molecule has 0 atom stereocenters. The molecule has 0 fully saturated rings. The third-order valence-electron chi connectivity index (χ3n) is 2.25. The summed E-state index contributed by atoms with van der Waals surface area (Å²) < 4.78 is 14.7. The van der Waals surface area contributed by atoms with E-state index in [0.29, 0.717) is 5.82 Å². The number of nitrogen functional groups attached to an aromatic ring is 1. The van der Waals surface area contributed by atoms with E-state index in [-0.39, 0.29) is 6.54 Å². The first-order chi connectivity index (χ1) is 7.70. The van der Waals surface area contributed by atoms with Gasteiger partial charge >= 0.3 is 0 Å². The summed E-state index contributed by atoms with van der Waals surface area (Å²) in [5, 5.41) is 4.24. The first-order valence-electron chi connectivity index (χ1n) is 4.86. The molecule has 0 aliphatic heterocycles. The van der Waals surface area contributed by atoms with Crippen LogP contribution in [-0.2, 0) is 6.54 Å². The van der Waals surface area contributed by atoms with E-state index in [1.54, 1.807) is 6.07 Å². The molecule has 0 radical (unpaired) electrons. The molecule has 2 rings (SSSR count). The summed E-state index contributed by atoms with van der Waals surface area (Å²) in [5.74, 6) is 0.482. The van der Waals surface area contributed by atoms with Crippen molar-refractivity contribution in [2.75, 3.05) is 12.4 Å². The molecule has 1 aromatic carbocycles. The van der Waals surface area contributed by atoms with Gasteiger partial charge in [0, 0.05) is 16.1 Å². The number of anilines is 1. The average molecular weight is 284 g/mol. The van der Waals surface area contributed by atoms with Gasteiger partial charge in [-0.3, -0.25) is 0 Å². The van der Waals surface area contributed by atoms with Crippen molar-refractivity contribution in [3.63, 3.8) is 0 Å². The number of nitrogens with zero attached hydrogens (tertiary/aromatic N) is 2. The van der Waals surface area contributed by atoms with Crippen LogP contribution in [0, 0.1) is 0 Å². The molecule has 0 spiro atoms. The maximum absolute atomic E-state index is 12.2. The monoisotopic (exact) mass is 283 g/mol. The molecule has 0 bridgehead atoms. The lowest BCUT2D eigenvalue weighted by Crippen LogP contribution is -2.05. The van der Waals surface area contributed by atoms with E-state index in [1.165, 1.54) is 4.68 Å². The molecule has 16 heavy (non-hydrogen) atoms. The van der Waals surface area contributed by atoms with Crippen molar-refractivity contribution < 1.29 is 4.39 Å². The Kier molecular flexibility index (Phi) is 3.24. The summed E-state index contributed by atoms with van der Waals surface area (Å²) in [6, 6.07) is 9.48. The Morgan fingerprint density at radius 1 is 1.31 bits per heavy atom. The minimum absolute atomic E-state index is 0.197. The minimum Gasteiger partial charge on any atom is -0.384 e. The Bertz CT molecular complexity index is 478. The van der Waals surface area contributed by atoms with Gasteiger partial charge in [-0.2, -0.15) is 5.10 Å². The highest BCUT2D eigenvalue weighted by molar-refractivity contribution is 9.10. The molecular formula is C11H11BrFN3. The lowest BCUT2D eigenvalue weighted by atomic mass is 10.2. The average Bonchev–Trinajstić information content (AvgIpc) is 2.62. The van der Waals surface area contributed by atoms with Gasteiger partial charge in [-0.15, -0.1) is 0 Å². The smallest absolute Gasteiger partial charge is 0.122 e. The van der Waals surface area contributed by atoms with Crippen LogP contribution in [0.15, 0.2) is 34.8 Å². The first-order valence-corrected chi connectivity index (χ1v) is 5.65. The number of alkyl halides is 1. The molecule has 2 aromatic rings. The van der Waals surface area contributed by atoms with E-state index in [4.69, 9.17) is 5.73 Å². The van der Waals surface area contributed by atoms with Crippen molar-refractivity contribution in [1.29, 1.82) is 0 Å². The molecule has 0 saturated heterocycles. The number of nitrogens with two attached hydrogens (primary N) is 1. The van der Waals surface area contributed by atoms with E-state index in [1.807, 2.05) is 24.3 Å². The van der Waals surface area contributed by atoms with Crippen LogP contribution in [0.3, 0.4) is 0 Å². The first kappa shape index (κ1) is 11.1. The number of benzene rings is 1. The Hall–Kier alpha value is -1.36. The standard InChI is InChI=1S/C11H11BrFN3/c12-9-3-1-8(2-4-9)10-7-11(14)16(15-10)6-5-13/h1-4,7H,5-6,14H2. The van der Waals surface area contributed by atoms with Gasteiger partial charge in [-0.05, 0) is 12.1 Å². The summed E-state index contributed by atoms with van der Waals surface area (Å²) in [6.07, 6.45) is 0. The van der Waals surface area contributed by atoms with Crippen molar-refractivity contribution in [2.45, 2.75) is 6.54 Å². The highest BCUT2D eigenvalue weighted by atomic mass is 79.9. The quantitative estimate of drug-likeness (QED) is 0.941. The second-order valence-electron chi connectivity index (χ2n) is 3.37. The lowest BCUT2D eigenvalue weighted by molar-refractivity contribution is 0.430. The fourth-order valence-electron chi connectivity index (χ4n) is 1.45. The van der Waals surface area contributed by atoms with Gasteiger partial charge in [0.05, 0.1) is 12.2 Å². The largest absolute Gasteiger partial charge is 0.384 e. The van der Waals surface area contributed by atoms with Gasteiger partial charge in [0.25, 0.3) is 0 Å². The highest BCUT2D eigenvalue weighted by Crippen LogP contribution is 2.22. The second-order valence-corrected chi connectivity index (χ2v) is 4.29. The zero-order chi connectivity index (χ0) is 11.5. The molecule has 5 heteroatoms. The molecule has 1 aromatic heterocycles. The van der Waals surface area contributed by atoms with Crippen LogP contribution in [-0.4, -0.2) is 16.5 Å². The summed E-state index contributed by atoms with van der Waals surface area (Å²) in [7, 11) is 0. The van der Waals surface area contributed by atoms with Crippen LogP contribution >= 0.6 is 15.9 Å². The van der Waals surface area contributed by atoms with Crippen molar-refractivity contribution in [1.82, 2.24) is 9.78 Å². The van der Waals surface area contributed by atoms with Crippen LogP contribution in [0.1, 0.15) is 0 Å². The summed E-state index contributed by atoms with van der Waals surface area (Å²) in [5.41, 5.74) is 7.45. The normalized spacial score (nSPS) is 10.6. The lowest BCUT2D eigenvalue weighted by Gasteiger charge is -1.98. The molecule has 3 nitrogen and oxygen atoms in total. The van der Waals surface area contributed by atoms with E-state index < -0.39 is 6.67 Å². The van der Waals surface area contributed by atoms with E-state index in [0.717, 1.165) is 15.7 Å². The van der Waals surface area contributed by atoms with Gasteiger partial charge in [-0.1, -0.05) is 28.1 Å². The fourth-order valence-corrected chi connectivity index (χ4v) is 1.72. The minimum atomic E-state index is -0.467. The number of aromatic nitrogens is 2. The van der Waals surface area contributed by atoms with E-state index in [9.17, 15) is 4.39 Å². The predicted octanol–water partition coefficient (Wildman–Crippen LogP) is 2.86. The van der Waals surface area contributed by atoms with Crippen molar-refractivity contribution in [2.24, 2.45) is 0 Å². The molecule has 0 saturated carbocycles. The van der Waals surface area contributed by atoms with Crippen molar-refractivity contribution in [3.05, 3.63) is 34.8 Å². The molecule has 84 valence electrons. The highest BCUT2D eigenvalue weighted by Gasteiger charge is 2.06. The third-order valence-corrected chi connectivity index (χ3v) is 2.78. The molecule has 1 heterocycles. The number of hydrogen-bond donors (Lipinski definition) is 1. The van der Waals surface area contributed by atoms with Crippen LogP contribution < -0.4 is 5.73 Å². The summed E-state index contributed by atoms with van der Waals surface area (Å²) >= 11 is 3.36. The number of hydrogen-bond acceptors (Lipinski definition) is 2. The number of rotatable bonds is 3. The molecule has 2 N–H and O–H groups in total. The Morgan fingerprint density at radius 2 is 2.00 bits per heavy atom. The third kappa shape index (κ3) is 2.24. The maximum Gasteiger partial charge on any atom is 0.122 e. The van der Waals surface area contributed by atoms with Crippen molar-refractivity contribution in [3.8, 4) is 11.3 Å². The van der Waals surface area contributed by atoms with E-state index >= 15 is 0 Å². The van der Waals surface area contributed by atoms with Crippen LogP contribution in [0.25, 0.3) is 11.3 Å². The fraction of sp³-hybridized carbons (Fsp3) is 0.182. The van der Waals surface area contributed by atoms with Gasteiger partial charge in [-0.25, -0.2) is 9.07 Å². The van der Waals surface area contributed by atoms with Crippen LogP contribution in [0.5, 0.6) is 0 Å². The molecular weight excluding hydrogens is 273 g/mol. The maximum atomic E-state index is 12.2. The molecule has 0 aliphatic rings. The summed E-state index contributed by atoms with van der Waals surface area (Å²) in [4.78, 5) is 0. The number of aryl methyl sites for hydroxylation is 1. The Balaban J connectivity index is 2.33. The van der Waals surface area contributed by atoms with Gasteiger partial charge in [0.15, 0.2) is 0 Å².